The van der Waals surface area contributed by atoms with E-state index < -0.39 is 21.3 Å². The van der Waals surface area contributed by atoms with Gasteiger partial charge in [0.05, 0.1) is 4.90 Å². The Hall–Kier alpha value is -2.88. The van der Waals surface area contributed by atoms with Gasteiger partial charge in [-0.2, -0.15) is 0 Å². The third kappa shape index (κ3) is 2.92. The number of rotatable bonds is 4. The van der Waals surface area contributed by atoms with E-state index >= 15 is 0 Å². The number of aromatic nitrogens is 2. The highest BCUT2D eigenvalue weighted by atomic mass is 32.2. The van der Waals surface area contributed by atoms with Gasteiger partial charge in [0.15, 0.2) is 0 Å². The number of nitrogens with one attached hydrogen (secondary N) is 3. The molecule has 0 bridgehead atoms. The lowest BCUT2D eigenvalue weighted by Crippen LogP contribution is -2.30. The topological polar surface area (TPSA) is 132 Å². The van der Waals surface area contributed by atoms with Gasteiger partial charge in [-0.3, -0.25) is 19.3 Å². The van der Waals surface area contributed by atoms with Crippen LogP contribution < -0.4 is 20.9 Å². The molecule has 1 amide bonds. The van der Waals surface area contributed by atoms with E-state index in [1.54, 1.807) is 11.0 Å². The molecule has 1 aromatic heterocycles. The predicted molar refractivity (Wildman–Crippen MR) is 93.7 cm³/mol. The van der Waals surface area contributed by atoms with Crippen LogP contribution in [-0.4, -0.2) is 30.8 Å². The van der Waals surface area contributed by atoms with E-state index in [0.717, 1.165) is 24.6 Å². The minimum absolute atomic E-state index is 0.0309. The Kier molecular flexibility index (Phi) is 3.72. The third-order valence-electron chi connectivity index (χ3n) is 4.52. The Bertz CT molecular complexity index is 1110. The fourth-order valence-corrected chi connectivity index (χ4v) is 4.07. The molecule has 0 saturated heterocycles. The standard InChI is InChI=1S/C16H16N4O5S/c21-14-12(8-17-16(23)18-14)19-26(24,25)11-4-3-9-5-6-20(13(9)7-11)15(22)10-1-2-10/h3-4,7-8,10,19H,1-2,5-6H2,(H2,17,18,21,23). The van der Waals surface area contributed by atoms with E-state index in [1.165, 1.54) is 12.1 Å². The summed E-state index contributed by atoms with van der Waals surface area (Å²) >= 11 is 0. The Balaban J connectivity index is 1.67. The van der Waals surface area contributed by atoms with E-state index in [1.807, 2.05) is 4.98 Å². The fraction of sp³-hybridized carbons (Fsp3) is 0.312. The van der Waals surface area contributed by atoms with Crippen molar-refractivity contribution in [3.05, 3.63) is 50.8 Å². The van der Waals surface area contributed by atoms with Crippen LogP contribution >= 0.6 is 0 Å². The molecule has 1 aliphatic carbocycles. The van der Waals surface area contributed by atoms with E-state index in [9.17, 15) is 22.8 Å². The normalized spacial score (nSPS) is 16.4. The highest BCUT2D eigenvalue weighted by molar-refractivity contribution is 7.92. The molecule has 0 radical (unpaired) electrons. The second-order valence-corrected chi connectivity index (χ2v) is 8.08. The maximum atomic E-state index is 12.6. The summed E-state index contributed by atoms with van der Waals surface area (Å²) in [5.41, 5.74) is -0.357. The van der Waals surface area contributed by atoms with Crippen LogP contribution in [0.1, 0.15) is 18.4 Å². The minimum atomic E-state index is -4.05. The van der Waals surface area contributed by atoms with Crippen LogP contribution in [0, 0.1) is 5.92 Å². The molecular weight excluding hydrogens is 360 g/mol. The number of hydrogen-bond donors (Lipinski definition) is 3. The molecular formula is C16H16N4O5S. The maximum Gasteiger partial charge on any atom is 0.325 e. The van der Waals surface area contributed by atoms with Crippen LogP contribution in [0.5, 0.6) is 0 Å². The van der Waals surface area contributed by atoms with Gasteiger partial charge in [0.2, 0.25) is 5.91 Å². The van der Waals surface area contributed by atoms with Crippen LogP contribution in [0.15, 0.2) is 38.9 Å². The van der Waals surface area contributed by atoms with Crippen LogP contribution in [0.3, 0.4) is 0 Å². The molecule has 10 heteroatoms. The molecule has 26 heavy (non-hydrogen) atoms. The van der Waals surface area contributed by atoms with Crippen LogP contribution in [0.25, 0.3) is 0 Å². The monoisotopic (exact) mass is 376 g/mol. The molecule has 1 fully saturated rings. The summed E-state index contributed by atoms with van der Waals surface area (Å²) in [6.45, 7) is 0.543. The summed E-state index contributed by atoms with van der Waals surface area (Å²) in [7, 11) is -4.05. The fourth-order valence-electron chi connectivity index (χ4n) is 3.00. The number of carbonyl (C=O) groups excluding carboxylic acids is 1. The van der Waals surface area contributed by atoms with Crippen molar-refractivity contribution in [3.63, 3.8) is 0 Å². The molecule has 0 spiro atoms. The Morgan fingerprint density at radius 2 is 2.00 bits per heavy atom. The first kappa shape index (κ1) is 16.6. The van der Waals surface area contributed by atoms with Crippen molar-refractivity contribution >= 4 is 27.3 Å². The molecule has 3 N–H and O–H groups in total. The minimum Gasteiger partial charge on any atom is -0.312 e. The van der Waals surface area contributed by atoms with Gasteiger partial charge in [-0.1, -0.05) is 6.07 Å². The van der Waals surface area contributed by atoms with Gasteiger partial charge in [0, 0.05) is 24.3 Å². The third-order valence-corrected chi connectivity index (χ3v) is 5.88. The second-order valence-electron chi connectivity index (χ2n) is 6.40. The predicted octanol–water partition coefficient (Wildman–Crippen LogP) is 0.163. The summed E-state index contributed by atoms with van der Waals surface area (Å²) in [6.07, 6.45) is 3.43. The van der Waals surface area contributed by atoms with Crippen LogP contribution in [0.2, 0.25) is 0 Å². The highest BCUT2D eigenvalue weighted by Gasteiger charge is 2.37. The molecule has 136 valence electrons. The molecule has 2 aromatic rings. The van der Waals surface area contributed by atoms with E-state index in [0.29, 0.717) is 18.7 Å². The number of aromatic amines is 2. The van der Waals surface area contributed by atoms with Crippen molar-refractivity contribution in [1.82, 2.24) is 9.97 Å². The summed E-state index contributed by atoms with van der Waals surface area (Å²) in [6, 6.07) is 4.57. The Labute approximate surface area is 148 Å². The smallest absolute Gasteiger partial charge is 0.312 e. The number of hydrogen-bond acceptors (Lipinski definition) is 5. The van der Waals surface area contributed by atoms with E-state index in [-0.39, 0.29) is 22.4 Å². The lowest BCUT2D eigenvalue weighted by atomic mass is 10.2. The largest absolute Gasteiger partial charge is 0.325 e. The number of carbonyl (C=O) groups is 1. The lowest BCUT2D eigenvalue weighted by molar-refractivity contribution is -0.119. The number of nitrogens with zero attached hydrogens (tertiary/aromatic N) is 1. The van der Waals surface area contributed by atoms with E-state index in [2.05, 4.69) is 9.71 Å². The molecule has 1 aliphatic heterocycles. The first-order chi connectivity index (χ1) is 12.3. The molecule has 9 nitrogen and oxygen atoms in total. The second kappa shape index (κ2) is 5.84. The van der Waals surface area contributed by atoms with Crippen LogP contribution in [0.4, 0.5) is 11.4 Å². The van der Waals surface area contributed by atoms with Gasteiger partial charge in [0.25, 0.3) is 15.6 Å². The van der Waals surface area contributed by atoms with Gasteiger partial charge in [-0.25, -0.2) is 13.2 Å². The van der Waals surface area contributed by atoms with Crippen LogP contribution in [-0.2, 0) is 21.2 Å². The molecule has 0 atom stereocenters. The van der Waals surface area contributed by atoms with Gasteiger partial charge < -0.3 is 9.88 Å². The van der Waals surface area contributed by atoms with Crippen molar-refractivity contribution in [1.29, 1.82) is 0 Å². The Morgan fingerprint density at radius 1 is 1.23 bits per heavy atom. The number of amides is 1. The molecule has 2 heterocycles. The zero-order valence-corrected chi connectivity index (χ0v) is 14.4. The SMILES string of the molecule is O=C(C1CC1)N1CCc2ccc(S(=O)(=O)Nc3c[nH]c(=O)[nH]c3=O)cc21. The molecule has 2 aliphatic rings. The number of H-pyrrole nitrogens is 2. The quantitative estimate of drug-likeness (QED) is 0.699. The number of sulfonamides is 1. The van der Waals surface area contributed by atoms with Crippen molar-refractivity contribution in [3.8, 4) is 0 Å². The number of benzene rings is 1. The van der Waals surface area contributed by atoms with Gasteiger partial charge in [-0.15, -0.1) is 0 Å². The Morgan fingerprint density at radius 3 is 2.69 bits per heavy atom. The first-order valence-electron chi connectivity index (χ1n) is 8.14. The van der Waals surface area contributed by atoms with Gasteiger partial charge in [-0.05, 0) is 37.0 Å². The van der Waals surface area contributed by atoms with Gasteiger partial charge in [0.1, 0.15) is 5.69 Å². The maximum absolute atomic E-state index is 12.6. The molecule has 1 aromatic carbocycles. The number of fused-ring (bicyclic) bond motifs is 1. The van der Waals surface area contributed by atoms with Gasteiger partial charge >= 0.3 is 5.69 Å². The molecule has 1 saturated carbocycles. The van der Waals surface area contributed by atoms with Crippen molar-refractivity contribution in [2.24, 2.45) is 5.92 Å². The summed E-state index contributed by atoms with van der Waals surface area (Å²) < 4.78 is 27.4. The average molecular weight is 376 g/mol. The van der Waals surface area contributed by atoms with Crippen molar-refractivity contribution in [2.75, 3.05) is 16.2 Å². The van der Waals surface area contributed by atoms with Crippen molar-refractivity contribution < 1.29 is 13.2 Å². The lowest BCUT2D eigenvalue weighted by Gasteiger charge is -2.18. The summed E-state index contributed by atoms with van der Waals surface area (Å²) in [5, 5.41) is 0. The summed E-state index contributed by atoms with van der Waals surface area (Å²) in [5.74, 6) is 0.0716. The summed E-state index contributed by atoms with van der Waals surface area (Å²) in [4.78, 5) is 40.9. The molecule has 0 unspecified atom stereocenters. The molecule has 4 rings (SSSR count). The zero-order chi connectivity index (χ0) is 18.5. The van der Waals surface area contributed by atoms with E-state index in [4.69, 9.17) is 0 Å². The zero-order valence-electron chi connectivity index (χ0n) is 13.6. The highest BCUT2D eigenvalue weighted by Crippen LogP contribution is 2.37. The average Bonchev–Trinajstić information content (AvgIpc) is 3.36. The first-order valence-corrected chi connectivity index (χ1v) is 9.62. The number of anilines is 2. The van der Waals surface area contributed by atoms with Crippen molar-refractivity contribution in [2.45, 2.75) is 24.2 Å².